The first-order valence-corrected chi connectivity index (χ1v) is 12.6. The Bertz CT molecular complexity index is 1160. The van der Waals surface area contributed by atoms with Gasteiger partial charge in [-0.3, -0.25) is 9.36 Å². The molecule has 1 aliphatic carbocycles. The second-order valence-corrected chi connectivity index (χ2v) is 9.91. The molecule has 0 bridgehead atoms. The first kappa shape index (κ1) is 23.3. The predicted molar refractivity (Wildman–Crippen MR) is 129 cm³/mol. The second-order valence-electron chi connectivity index (χ2n) is 7.86. The van der Waals surface area contributed by atoms with Gasteiger partial charge >= 0.3 is 5.97 Å². The smallest absolute Gasteiger partial charge is 0.341 e. The summed E-state index contributed by atoms with van der Waals surface area (Å²) >= 11 is 2.75. The third-order valence-electron chi connectivity index (χ3n) is 5.16. The molecule has 33 heavy (non-hydrogen) atoms. The number of carbonyl (C=O) groups is 2. The van der Waals surface area contributed by atoms with Crippen molar-refractivity contribution in [2.24, 2.45) is 0 Å². The van der Waals surface area contributed by atoms with E-state index in [0.717, 1.165) is 41.8 Å². The van der Waals surface area contributed by atoms with Crippen molar-refractivity contribution in [2.45, 2.75) is 50.8 Å². The number of amides is 1. The van der Waals surface area contributed by atoms with Gasteiger partial charge < -0.3 is 14.8 Å². The molecule has 0 radical (unpaired) electrons. The van der Waals surface area contributed by atoms with Gasteiger partial charge in [0, 0.05) is 4.88 Å². The molecular formula is C23H26N4O4S2. The number of anilines is 1. The van der Waals surface area contributed by atoms with Crippen LogP contribution in [0.2, 0.25) is 0 Å². The highest BCUT2D eigenvalue weighted by Gasteiger charge is 2.28. The van der Waals surface area contributed by atoms with Gasteiger partial charge in [0.15, 0.2) is 5.16 Å². The highest BCUT2D eigenvalue weighted by molar-refractivity contribution is 7.99. The van der Waals surface area contributed by atoms with Crippen LogP contribution >= 0.6 is 23.1 Å². The third-order valence-corrected chi connectivity index (χ3v) is 7.31. The number of nitrogens with zero attached hydrogens (tertiary/aromatic N) is 3. The number of aromatic nitrogens is 3. The van der Waals surface area contributed by atoms with Gasteiger partial charge in [0.1, 0.15) is 17.1 Å². The van der Waals surface area contributed by atoms with Crippen molar-refractivity contribution < 1.29 is 19.1 Å². The number of methoxy groups -OCH3 is 1. The predicted octanol–water partition coefficient (Wildman–Crippen LogP) is 4.51. The van der Waals surface area contributed by atoms with Gasteiger partial charge in [-0.05, 0) is 57.2 Å². The SMILES string of the molecule is COc1ccccc1-n1cnnc1SCC(=O)Nc1sc2c(c1C(=O)OC(C)C)CCCC2. The Labute approximate surface area is 200 Å². The van der Waals surface area contributed by atoms with Crippen molar-refractivity contribution in [3.8, 4) is 11.4 Å². The number of carbonyl (C=O) groups excluding carboxylic acids is 2. The Morgan fingerprint density at radius 1 is 1.24 bits per heavy atom. The molecule has 10 heteroatoms. The minimum absolute atomic E-state index is 0.120. The maximum Gasteiger partial charge on any atom is 0.341 e. The summed E-state index contributed by atoms with van der Waals surface area (Å²) in [5.74, 6) is 0.214. The molecule has 1 aromatic carbocycles. The summed E-state index contributed by atoms with van der Waals surface area (Å²) in [6.45, 7) is 3.65. The van der Waals surface area contributed by atoms with Crippen LogP contribution in [-0.2, 0) is 22.4 Å². The molecule has 8 nitrogen and oxygen atoms in total. The lowest BCUT2D eigenvalue weighted by atomic mass is 9.95. The summed E-state index contributed by atoms with van der Waals surface area (Å²) in [7, 11) is 1.60. The Morgan fingerprint density at radius 3 is 2.82 bits per heavy atom. The van der Waals surface area contributed by atoms with E-state index in [1.807, 2.05) is 38.1 Å². The molecule has 1 N–H and O–H groups in total. The average Bonchev–Trinajstić information content (AvgIpc) is 3.41. The maximum atomic E-state index is 12.8. The van der Waals surface area contributed by atoms with E-state index in [0.29, 0.717) is 21.5 Å². The largest absolute Gasteiger partial charge is 0.495 e. The summed E-state index contributed by atoms with van der Waals surface area (Å²) in [5, 5.41) is 12.2. The van der Waals surface area contributed by atoms with E-state index in [9.17, 15) is 9.59 Å². The number of thiophene rings is 1. The molecule has 0 atom stereocenters. The van der Waals surface area contributed by atoms with Crippen LogP contribution in [0.25, 0.3) is 5.69 Å². The number of benzene rings is 1. The van der Waals surface area contributed by atoms with Gasteiger partial charge in [-0.1, -0.05) is 23.9 Å². The number of ether oxygens (including phenoxy) is 2. The van der Waals surface area contributed by atoms with Gasteiger partial charge in [-0.15, -0.1) is 21.5 Å². The van der Waals surface area contributed by atoms with E-state index >= 15 is 0 Å². The van der Waals surface area contributed by atoms with Crippen LogP contribution in [0.1, 0.15) is 47.5 Å². The lowest BCUT2D eigenvalue weighted by Crippen LogP contribution is -2.19. The summed E-state index contributed by atoms with van der Waals surface area (Å²) < 4.78 is 12.7. The molecule has 0 fully saturated rings. The van der Waals surface area contributed by atoms with Crippen LogP contribution in [0.15, 0.2) is 35.7 Å². The Hall–Kier alpha value is -2.85. The first-order valence-electron chi connectivity index (χ1n) is 10.8. The molecular weight excluding hydrogens is 460 g/mol. The summed E-state index contributed by atoms with van der Waals surface area (Å²) in [6.07, 6.45) is 5.25. The second kappa shape index (κ2) is 10.4. The summed E-state index contributed by atoms with van der Waals surface area (Å²) in [6, 6.07) is 7.53. The van der Waals surface area contributed by atoms with Crippen molar-refractivity contribution in [3.63, 3.8) is 0 Å². The molecule has 3 aromatic rings. The van der Waals surface area contributed by atoms with Gasteiger partial charge in [0.2, 0.25) is 5.91 Å². The standard InChI is InChI=1S/C23H26N4O4S2/c1-14(2)31-22(29)20-15-8-4-7-11-18(15)33-21(20)25-19(28)12-32-23-26-24-13-27(23)16-9-5-6-10-17(16)30-3/h5-6,9-10,13-14H,4,7-8,11-12H2,1-3H3,(H,25,28). The fraction of sp³-hybridized carbons (Fsp3) is 0.391. The van der Waals surface area contributed by atoms with Crippen LogP contribution < -0.4 is 10.1 Å². The summed E-state index contributed by atoms with van der Waals surface area (Å²) in [4.78, 5) is 26.8. The van der Waals surface area contributed by atoms with Crippen molar-refractivity contribution in [3.05, 3.63) is 46.6 Å². The molecule has 0 saturated carbocycles. The zero-order valence-electron chi connectivity index (χ0n) is 18.8. The van der Waals surface area contributed by atoms with Crippen LogP contribution in [-0.4, -0.2) is 45.6 Å². The molecule has 2 aromatic heterocycles. The lowest BCUT2D eigenvalue weighted by molar-refractivity contribution is -0.113. The molecule has 0 unspecified atom stereocenters. The van der Waals surface area contributed by atoms with E-state index in [4.69, 9.17) is 9.47 Å². The highest BCUT2D eigenvalue weighted by atomic mass is 32.2. The van der Waals surface area contributed by atoms with Crippen molar-refractivity contribution in [2.75, 3.05) is 18.2 Å². The molecule has 2 heterocycles. The number of thioether (sulfide) groups is 1. The minimum Gasteiger partial charge on any atom is -0.495 e. The fourth-order valence-electron chi connectivity index (χ4n) is 3.75. The van der Waals surface area contributed by atoms with Crippen LogP contribution in [0.3, 0.4) is 0 Å². The zero-order valence-corrected chi connectivity index (χ0v) is 20.4. The Balaban J connectivity index is 1.49. The average molecular weight is 487 g/mol. The first-order chi connectivity index (χ1) is 16.0. The molecule has 174 valence electrons. The van der Waals surface area contributed by atoms with Crippen molar-refractivity contribution in [1.82, 2.24) is 14.8 Å². The molecule has 1 aliphatic rings. The number of rotatable bonds is 8. The van der Waals surface area contributed by atoms with E-state index in [2.05, 4.69) is 15.5 Å². The molecule has 1 amide bonds. The van der Waals surface area contributed by atoms with E-state index in [1.54, 1.807) is 18.0 Å². The molecule has 0 spiro atoms. The van der Waals surface area contributed by atoms with Gasteiger partial charge in [0.05, 0.1) is 30.2 Å². The molecule has 0 saturated heterocycles. The number of para-hydroxylation sites is 2. The fourth-order valence-corrected chi connectivity index (χ4v) is 5.77. The zero-order chi connectivity index (χ0) is 23.4. The van der Waals surface area contributed by atoms with Crippen LogP contribution in [0, 0.1) is 0 Å². The molecule has 0 aliphatic heterocycles. The van der Waals surface area contributed by atoms with E-state index in [1.165, 1.54) is 23.1 Å². The van der Waals surface area contributed by atoms with Crippen molar-refractivity contribution >= 4 is 40.0 Å². The normalized spacial score (nSPS) is 13.0. The maximum absolute atomic E-state index is 12.8. The molecule has 4 rings (SSSR count). The van der Waals surface area contributed by atoms with Crippen LogP contribution in [0.5, 0.6) is 5.75 Å². The third kappa shape index (κ3) is 5.22. The van der Waals surface area contributed by atoms with E-state index < -0.39 is 0 Å². The van der Waals surface area contributed by atoms with E-state index in [-0.39, 0.29) is 23.7 Å². The number of fused-ring (bicyclic) bond motifs is 1. The van der Waals surface area contributed by atoms with Gasteiger partial charge in [-0.25, -0.2) is 4.79 Å². The Morgan fingerprint density at radius 2 is 2.03 bits per heavy atom. The monoisotopic (exact) mass is 486 g/mol. The lowest BCUT2D eigenvalue weighted by Gasteiger charge is -2.14. The quantitative estimate of drug-likeness (QED) is 0.370. The number of aryl methyl sites for hydroxylation is 1. The number of nitrogens with one attached hydrogen (secondary N) is 1. The number of hydrogen-bond acceptors (Lipinski definition) is 8. The Kier molecular flexibility index (Phi) is 7.34. The number of esters is 1. The van der Waals surface area contributed by atoms with Gasteiger partial charge in [-0.2, -0.15) is 0 Å². The minimum atomic E-state index is -0.372. The van der Waals surface area contributed by atoms with Crippen molar-refractivity contribution in [1.29, 1.82) is 0 Å². The summed E-state index contributed by atoms with van der Waals surface area (Å²) in [5.41, 5.74) is 2.33. The highest BCUT2D eigenvalue weighted by Crippen LogP contribution is 2.39. The number of hydrogen-bond donors (Lipinski definition) is 1. The van der Waals surface area contributed by atoms with Crippen LogP contribution in [0.4, 0.5) is 5.00 Å². The van der Waals surface area contributed by atoms with Gasteiger partial charge in [0.25, 0.3) is 0 Å². The topological polar surface area (TPSA) is 95.3 Å².